The maximum Gasteiger partial charge on any atom is 0.341 e. The first-order valence-corrected chi connectivity index (χ1v) is 12.9. The number of benzene rings is 2. The van der Waals surface area contributed by atoms with Crippen LogP contribution >= 0.6 is 11.3 Å². The number of thiophene rings is 1. The van der Waals surface area contributed by atoms with Crippen molar-refractivity contribution >= 4 is 45.8 Å². The highest BCUT2D eigenvalue weighted by atomic mass is 32.1. The zero-order chi connectivity index (χ0) is 27.2. The molecule has 198 valence electrons. The van der Waals surface area contributed by atoms with Crippen LogP contribution in [0.15, 0.2) is 60.7 Å². The van der Waals surface area contributed by atoms with Crippen LogP contribution in [0.5, 0.6) is 5.75 Å². The third-order valence-corrected chi connectivity index (χ3v) is 7.12. The van der Waals surface area contributed by atoms with Gasteiger partial charge in [0.2, 0.25) is 5.91 Å². The Balaban J connectivity index is 1.43. The maximum atomic E-state index is 12.9. The summed E-state index contributed by atoms with van der Waals surface area (Å²) in [6, 6.07) is 18.1. The lowest BCUT2D eigenvalue weighted by atomic mass is 10.1. The fourth-order valence-corrected chi connectivity index (χ4v) is 5.13. The number of nitrogens with zero attached hydrogens (tertiary/aromatic N) is 1. The molecule has 2 heterocycles. The van der Waals surface area contributed by atoms with Crippen LogP contribution in [-0.4, -0.2) is 50.1 Å². The highest BCUT2D eigenvalue weighted by Crippen LogP contribution is 2.36. The number of para-hydroxylation sites is 2. The molecule has 2 atom stereocenters. The molecule has 0 aliphatic carbocycles. The van der Waals surface area contributed by atoms with Gasteiger partial charge in [-0.2, -0.15) is 0 Å². The number of carbonyl (C=O) groups excluding carboxylic acids is 4. The van der Waals surface area contributed by atoms with Crippen molar-refractivity contribution in [2.45, 2.75) is 26.4 Å². The zero-order valence-electron chi connectivity index (χ0n) is 21.3. The van der Waals surface area contributed by atoms with Gasteiger partial charge < -0.3 is 24.4 Å². The van der Waals surface area contributed by atoms with E-state index in [1.165, 1.54) is 30.3 Å². The molecule has 0 bridgehead atoms. The largest absolute Gasteiger partial charge is 0.495 e. The molecule has 1 aliphatic heterocycles. The van der Waals surface area contributed by atoms with Gasteiger partial charge in [0, 0.05) is 17.8 Å². The summed E-state index contributed by atoms with van der Waals surface area (Å²) in [7, 11) is 1.51. The normalized spacial score (nSPS) is 15.6. The monoisotopic (exact) mass is 536 g/mol. The van der Waals surface area contributed by atoms with E-state index in [4.69, 9.17) is 14.2 Å². The van der Waals surface area contributed by atoms with Gasteiger partial charge in [0.05, 0.1) is 30.9 Å². The molecule has 1 aromatic heterocycles. The van der Waals surface area contributed by atoms with E-state index in [-0.39, 0.29) is 31.0 Å². The van der Waals surface area contributed by atoms with E-state index in [0.717, 1.165) is 10.4 Å². The zero-order valence-corrected chi connectivity index (χ0v) is 22.1. The molecule has 9 nitrogen and oxygen atoms in total. The number of amides is 2. The molecule has 0 unspecified atom stereocenters. The molecule has 0 radical (unpaired) electrons. The Labute approximate surface area is 224 Å². The summed E-state index contributed by atoms with van der Waals surface area (Å²) in [6.07, 6.45) is -1.20. The van der Waals surface area contributed by atoms with E-state index < -0.39 is 29.9 Å². The maximum absolute atomic E-state index is 12.9. The van der Waals surface area contributed by atoms with E-state index in [1.807, 2.05) is 30.3 Å². The van der Waals surface area contributed by atoms with Crippen LogP contribution < -0.4 is 15.0 Å². The molecule has 3 aromatic rings. The number of nitrogens with one attached hydrogen (secondary N) is 1. The first-order valence-electron chi connectivity index (χ1n) is 12.1. The van der Waals surface area contributed by atoms with Crippen molar-refractivity contribution in [3.05, 3.63) is 66.2 Å². The number of anilines is 2. The fraction of sp³-hybridized carbons (Fsp3) is 0.286. The SMILES string of the molecule is CCOC(=O)c1cc(-c2ccccc2)sc1NC(=O)[C@@H](C)OC(=O)[C@@H]1CC(=O)N(c2ccccc2OC)C1. The van der Waals surface area contributed by atoms with E-state index in [0.29, 0.717) is 16.4 Å². The first-order chi connectivity index (χ1) is 18.3. The number of esters is 2. The Morgan fingerprint density at radius 2 is 1.82 bits per heavy atom. The summed E-state index contributed by atoms with van der Waals surface area (Å²) >= 11 is 1.22. The highest BCUT2D eigenvalue weighted by molar-refractivity contribution is 7.20. The minimum absolute atomic E-state index is 0.0381. The van der Waals surface area contributed by atoms with E-state index in [1.54, 1.807) is 37.3 Å². The Hall–Kier alpha value is -4.18. The summed E-state index contributed by atoms with van der Waals surface area (Å²) in [5.41, 5.74) is 1.67. The Morgan fingerprint density at radius 1 is 1.11 bits per heavy atom. The average Bonchev–Trinajstić information content (AvgIpc) is 3.53. The number of hydrogen-bond donors (Lipinski definition) is 1. The second-order valence-electron chi connectivity index (χ2n) is 8.59. The number of rotatable bonds is 9. The third-order valence-electron chi connectivity index (χ3n) is 6.02. The van der Waals surface area contributed by atoms with Gasteiger partial charge >= 0.3 is 11.9 Å². The van der Waals surface area contributed by atoms with Gasteiger partial charge in [-0.25, -0.2) is 4.79 Å². The van der Waals surface area contributed by atoms with Crippen molar-refractivity contribution in [1.82, 2.24) is 0 Å². The van der Waals surface area contributed by atoms with Crippen molar-refractivity contribution in [2.24, 2.45) is 5.92 Å². The lowest BCUT2D eigenvalue weighted by Crippen LogP contribution is -2.33. The van der Waals surface area contributed by atoms with Crippen LogP contribution in [0.25, 0.3) is 10.4 Å². The molecular formula is C28H28N2O7S. The Bertz CT molecular complexity index is 1340. The molecule has 1 aliphatic rings. The molecule has 1 N–H and O–H groups in total. The minimum Gasteiger partial charge on any atom is -0.495 e. The van der Waals surface area contributed by atoms with E-state index in [2.05, 4.69) is 5.32 Å². The number of methoxy groups -OCH3 is 1. The van der Waals surface area contributed by atoms with Gasteiger partial charge in [-0.1, -0.05) is 42.5 Å². The van der Waals surface area contributed by atoms with Gasteiger partial charge in [0.25, 0.3) is 5.91 Å². The van der Waals surface area contributed by atoms with Gasteiger partial charge in [-0.15, -0.1) is 11.3 Å². The van der Waals surface area contributed by atoms with Crippen LogP contribution in [0.1, 0.15) is 30.6 Å². The molecule has 1 fully saturated rings. The first kappa shape index (κ1) is 26.9. The fourth-order valence-electron chi connectivity index (χ4n) is 4.08. The topological polar surface area (TPSA) is 111 Å². The molecule has 4 rings (SSSR count). The minimum atomic E-state index is -1.16. The Kier molecular flexibility index (Phi) is 8.42. The van der Waals surface area contributed by atoms with Crippen molar-refractivity contribution in [1.29, 1.82) is 0 Å². The van der Waals surface area contributed by atoms with Crippen molar-refractivity contribution in [2.75, 3.05) is 30.5 Å². The average molecular weight is 537 g/mol. The van der Waals surface area contributed by atoms with Crippen LogP contribution in [0, 0.1) is 5.92 Å². The standard InChI is InChI=1S/C28H28N2O7S/c1-4-36-28(34)20-15-23(18-10-6-5-7-11-18)38-26(20)29-25(32)17(2)37-27(33)19-14-24(31)30(16-19)21-12-8-9-13-22(21)35-3/h5-13,15,17,19H,4,14,16H2,1-3H3,(H,29,32)/t17-,19-/m1/s1. The summed E-state index contributed by atoms with van der Waals surface area (Å²) in [5.74, 6) is -2.27. The summed E-state index contributed by atoms with van der Waals surface area (Å²) in [5, 5.41) is 3.00. The smallest absolute Gasteiger partial charge is 0.341 e. The lowest BCUT2D eigenvalue weighted by molar-refractivity contribution is -0.157. The molecule has 0 saturated carbocycles. The molecule has 38 heavy (non-hydrogen) atoms. The third kappa shape index (κ3) is 5.86. The quantitative estimate of drug-likeness (QED) is 0.400. The van der Waals surface area contributed by atoms with Crippen molar-refractivity contribution in [3.8, 4) is 16.2 Å². The van der Waals surface area contributed by atoms with Gasteiger partial charge in [-0.05, 0) is 37.6 Å². The number of hydrogen-bond acceptors (Lipinski definition) is 8. The molecule has 2 aromatic carbocycles. The molecule has 10 heteroatoms. The van der Waals surface area contributed by atoms with E-state index >= 15 is 0 Å². The lowest BCUT2D eigenvalue weighted by Gasteiger charge is -2.19. The summed E-state index contributed by atoms with van der Waals surface area (Å²) in [6.45, 7) is 3.44. The van der Waals surface area contributed by atoms with Crippen LogP contribution in [0.3, 0.4) is 0 Å². The van der Waals surface area contributed by atoms with Gasteiger partial charge in [-0.3, -0.25) is 14.4 Å². The Morgan fingerprint density at radius 3 is 2.53 bits per heavy atom. The van der Waals surface area contributed by atoms with E-state index in [9.17, 15) is 19.2 Å². The summed E-state index contributed by atoms with van der Waals surface area (Å²) in [4.78, 5) is 53.2. The molecule has 1 saturated heterocycles. The van der Waals surface area contributed by atoms with Crippen molar-refractivity contribution < 1.29 is 33.4 Å². The number of ether oxygens (including phenoxy) is 3. The van der Waals surface area contributed by atoms with Crippen LogP contribution in [-0.2, 0) is 23.9 Å². The second-order valence-corrected chi connectivity index (χ2v) is 9.64. The molecular weight excluding hydrogens is 508 g/mol. The van der Waals surface area contributed by atoms with Gasteiger partial charge in [0.1, 0.15) is 10.8 Å². The molecule has 0 spiro atoms. The van der Waals surface area contributed by atoms with Crippen molar-refractivity contribution in [3.63, 3.8) is 0 Å². The predicted molar refractivity (Wildman–Crippen MR) is 143 cm³/mol. The van der Waals surface area contributed by atoms with Crippen LogP contribution in [0.2, 0.25) is 0 Å². The van der Waals surface area contributed by atoms with Gasteiger partial charge in [0.15, 0.2) is 6.10 Å². The predicted octanol–water partition coefficient (Wildman–Crippen LogP) is 4.52. The van der Waals surface area contributed by atoms with Crippen LogP contribution in [0.4, 0.5) is 10.7 Å². The second kappa shape index (κ2) is 11.9. The summed E-state index contributed by atoms with van der Waals surface area (Å²) < 4.78 is 15.9. The highest BCUT2D eigenvalue weighted by Gasteiger charge is 2.38. The molecule has 2 amide bonds. The number of carbonyl (C=O) groups is 4.